The van der Waals surface area contributed by atoms with Crippen molar-refractivity contribution in [2.75, 3.05) is 12.3 Å². The highest BCUT2D eigenvalue weighted by molar-refractivity contribution is 7.99. The van der Waals surface area contributed by atoms with Crippen LogP contribution < -0.4 is 5.32 Å². The van der Waals surface area contributed by atoms with Crippen molar-refractivity contribution in [1.82, 2.24) is 5.32 Å². The van der Waals surface area contributed by atoms with Crippen molar-refractivity contribution in [3.8, 4) is 0 Å². The van der Waals surface area contributed by atoms with Crippen LogP contribution in [0.4, 0.5) is 0 Å². The second kappa shape index (κ2) is 8.56. The van der Waals surface area contributed by atoms with Crippen LogP contribution in [0, 0.1) is 11.8 Å². The van der Waals surface area contributed by atoms with Crippen LogP contribution in [0.2, 0.25) is 0 Å². The molecule has 0 bridgehead atoms. The Morgan fingerprint density at radius 2 is 1.79 bits per heavy atom. The summed E-state index contributed by atoms with van der Waals surface area (Å²) in [5.74, 6) is 3.48. The van der Waals surface area contributed by atoms with Gasteiger partial charge in [0, 0.05) is 11.3 Å². The van der Waals surface area contributed by atoms with Crippen molar-refractivity contribution >= 4 is 11.8 Å². The van der Waals surface area contributed by atoms with E-state index in [1.165, 1.54) is 70.1 Å². The van der Waals surface area contributed by atoms with Gasteiger partial charge in [-0.25, -0.2) is 0 Å². The van der Waals surface area contributed by atoms with E-state index < -0.39 is 0 Å². The van der Waals surface area contributed by atoms with Gasteiger partial charge in [0.25, 0.3) is 0 Å². The first kappa shape index (κ1) is 15.7. The van der Waals surface area contributed by atoms with E-state index >= 15 is 0 Å². The summed E-state index contributed by atoms with van der Waals surface area (Å²) in [5, 5.41) is 4.71. The van der Waals surface area contributed by atoms with Gasteiger partial charge in [0.2, 0.25) is 0 Å². The molecule has 2 aliphatic carbocycles. The predicted molar refractivity (Wildman–Crippen MR) is 87.9 cm³/mol. The Morgan fingerprint density at radius 1 is 1.00 bits per heavy atom. The first-order valence-corrected chi connectivity index (χ1v) is 9.73. The van der Waals surface area contributed by atoms with Crippen LogP contribution in [0.25, 0.3) is 0 Å². The molecule has 1 N–H and O–H groups in total. The maximum atomic E-state index is 3.82. The first-order chi connectivity index (χ1) is 9.33. The molecule has 0 aromatic carbocycles. The van der Waals surface area contributed by atoms with Crippen LogP contribution in [-0.2, 0) is 0 Å². The van der Waals surface area contributed by atoms with E-state index in [-0.39, 0.29) is 0 Å². The van der Waals surface area contributed by atoms with Crippen molar-refractivity contribution in [3.63, 3.8) is 0 Å². The number of thioether (sulfide) groups is 1. The maximum Gasteiger partial charge on any atom is 0.0203 e. The van der Waals surface area contributed by atoms with Crippen LogP contribution >= 0.6 is 11.8 Å². The smallest absolute Gasteiger partial charge is 0.0203 e. The van der Waals surface area contributed by atoms with E-state index in [0.29, 0.717) is 0 Å². The Morgan fingerprint density at radius 3 is 2.47 bits per heavy atom. The van der Waals surface area contributed by atoms with E-state index in [9.17, 15) is 0 Å². The molecule has 3 atom stereocenters. The summed E-state index contributed by atoms with van der Waals surface area (Å²) in [5.41, 5.74) is 0. The molecular formula is C17H33NS. The third kappa shape index (κ3) is 4.97. The first-order valence-electron chi connectivity index (χ1n) is 8.68. The zero-order valence-corrected chi connectivity index (χ0v) is 13.8. The standard InChI is InChI=1S/C17H33NS/c1-3-11-18-16-10-9-14(4-2)12-17(16)19-13-15-7-5-6-8-15/h14-18H,3-13H2,1-2H3. The molecule has 0 aromatic heterocycles. The number of nitrogens with one attached hydrogen (secondary N) is 1. The molecule has 0 radical (unpaired) electrons. The van der Waals surface area contributed by atoms with Crippen molar-refractivity contribution in [1.29, 1.82) is 0 Å². The molecule has 2 saturated carbocycles. The van der Waals surface area contributed by atoms with E-state index in [1.807, 2.05) is 0 Å². The van der Waals surface area contributed by atoms with Gasteiger partial charge in [0.1, 0.15) is 0 Å². The highest BCUT2D eigenvalue weighted by Crippen LogP contribution is 2.37. The van der Waals surface area contributed by atoms with Gasteiger partial charge in [-0.3, -0.25) is 0 Å². The third-order valence-corrected chi connectivity index (χ3v) is 6.77. The Hall–Kier alpha value is 0.310. The van der Waals surface area contributed by atoms with Crippen LogP contribution in [0.1, 0.15) is 71.6 Å². The fourth-order valence-electron chi connectivity index (χ4n) is 3.77. The fourth-order valence-corrected chi connectivity index (χ4v) is 5.49. The molecule has 19 heavy (non-hydrogen) atoms. The molecule has 112 valence electrons. The summed E-state index contributed by atoms with van der Waals surface area (Å²) >= 11 is 2.31. The van der Waals surface area contributed by atoms with Crippen molar-refractivity contribution in [3.05, 3.63) is 0 Å². The molecule has 0 heterocycles. The maximum absolute atomic E-state index is 3.82. The highest BCUT2D eigenvalue weighted by atomic mass is 32.2. The van der Waals surface area contributed by atoms with Gasteiger partial charge in [0.15, 0.2) is 0 Å². The highest BCUT2D eigenvalue weighted by Gasteiger charge is 2.30. The predicted octanol–water partition coefficient (Wildman–Crippen LogP) is 4.86. The lowest BCUT2D eigenvalue weighted by atomic mass is 9.84. The van der Waals surface area contributed by atoms with Crippen LogP contribution in [0.15, 0.2) is 0 Å². The van der Waals surface area contributed by atoms with Crippen molar-refractivity contribution in [2.24, 2.45) is 11.8 Å². The third-order valence-electron chi connectivity index (χ3n) is 5.15. The molecule has 2 rings (SSSR count). The van der Waals surface area contributed by atoms with E-state index in [4.69, 9.17) is 0 Å². The van der Waals surface area contributed by atoms with Gasteiger partial charge in [-0.2, -0.15) is 11.8 Å². The SMILES string of the molecule is CCCNC1CCC(CC)CC1SCC1CCCC1. The van der Waals surface area contributed by atoms with Gasteiger partial charge in [0.05, 0.1) is 0 Å². The van der Waals surface area contributed by atoms with Crippen molar-refractivity contribution < 1.29 is 0 Å². The summed E-state index contributed by atoms with van der Waals surface area (Å²) in [7, 11) is 0. The minimum absolute atomic E-state index is 0.800. The van der Waals surface area contributed by atoms with E-state index in [1.54, 1.807) is 0 Å². The average molecular weight is 284 g/mol. The van der Waals surface area contributed by atoms with Gasteiger partial charge in [-0.1, -0.05) is 33.1 Å². The second-order valence-corrected chi connectivity index (χ2v) is 7.94. The molecule has 1 nitrogen and oxygen atoms in total. The van der Waals surface area contributed by atoms with Gasteiger partial charge >= 0.3 is 0 Å². The average Bonchev–Trinajstić information content (AvgIpc) is 2.96. The van der Waals surface area contributed by atoms with Gasteiger partial charge < -0.3 is 5.32 Å². The Labute approximate surface area is 124 Å². The molecule has 2 aliphatic rings. The largest absolute Gasteiger partial charge is 0.313 e. The number of hydrogen-bond donors (Lipinski definition) is 1. The summed E-state index contributed by atoms with van der Waals surface area (Å²) in [6.45, 7) is 5.87. The minimum atomic E-state index is 0.800. The molecule has 0 aromatic rings. The summed E-state index contributed by atoms with van der Waals surface area (Å²) in [6.07, 6.45) is 13.0. The van der Waals surface area contributed by atoms with Gasteiger partial charge in [-0.15, -0.1) is 0 Å². The molecule has 2 heteroatoms. The monoisotopic (exact) mass is 283 g/mol. The zero-order chi connectivity index (χ0) is 13.5. The van der Waals surface area contributed by atoms with Crippen LogP contribution in [0.5, 0.6) is 0 Å². The quantitative estimate of drug-likeness (QED) is 0.716. The Balaban J connectivity index is 1.79. The molecule has 0 spiro atoms. The number of hydrogen-bond acceptors (Lipinski definition) is 2. The Bertz CT molecular complexity index is 237. The van der Waals surface area contributed by atoms with E-state index in [2.05, 4.69) is 30.9 Å². The molecule has 3 unspecified atom stereocenters. The van der Waals surface area contributed by atoms with Crippen molar-refractivity contribution in [2.45, 2.75) is 82.9 Å². The lowest BCUT2D eigenvalue weighted by Crippen LogP contribution is -2.43. The van der Waals surface area contributed by atoms with Gasteiger partial charge in [-0.05, 0) is 62.7 Å². The van der Waals surface area contributed by atoms with E-state index in [0.717, 1.165) is 23.1 Å². The Kier molecular flexibility index (Phi) is 7.07. The molecule has 2 fully saturated rings. The molecule has 0 amide bonds. The second-order valence-electron chi connectivity index (χ2n) is 6.67. The summed E-state index contributed by atoms with van der Waals surface area (Å²) in [4.78, 5) is 0. The fraction of sp³-hybridized carbons (Fsp3) is 1.00. The molecular weight excluding hydrogens is 250 g/mol. The summed E-state index contributed by atoms with van der Waals surface area (Å²) in [6, 6.07) is 0.800. The topological polar surface area (TPSA) is 12.0 Å². The minimum Gasteiger partial charge on any atom is -0.313 e. The molecule has 0 aliphatic heterocycles. The van der Waals surface area contributed by atoms with Crippen LogP contribution in [-0.4, -0.2) is 23.6 Å². The lowest BCUT2D eigenvalue weighted by molar-refractivity contribution is 0.295. The summed E-state index contributed by atoms with van der Waals surface area (Å²) < 4.78 is 0. The zero-order valence-electron chi connectivity index (χ0n) is 13.0. The normalized spacial score (nSPS) is 32.8. The van der Waals surface area contributed by atoms with Crippen LogP contribution in [0.3, 0.4) is 0 Å². The molecule has 0 saturated heterocycles. The lowest BCUT2D eigenvalue weighted by Gasteiger charge is -2.36. The number of rotatable bonds is 7.